The molecule has 1 aromatic rings. The van der Waals surface area contributed by atoms with Crippen molar-refractivity contribution in [3.63, 3.8) is 0 Å². The molecule has 5 nitrogen and oxygen atoms in total. The van der Waals surface area contributed by atoms with E-state index in [9.17, 15) is 5.11 Å². The summed E-state index contributed by atoms with van der Waals surface area (Å²) >= 11 is 11.7. The Kier molecular flexibility index (Phi) is 8.99. The second kappa shape index (κ2) is 10.2. The van der Waals surface area contributed by atoms with Gasteiger partial charge in [-0.25, -0.2) is 0 Å². The standard InChI is InChI=1S/C14H21Cl2NO4/c1-19-9-12(20-2)7-17-6-10(18)8-21-11-3-4-13(15)14(16)5-11/h3-5,10,12,17-18H,6-9H2,1-2H3. The number of aliphatic hydroxyl groups excluding tert-OH is 1. The van der Waals surface area contributed by atoms with Crippen LogP contribution in [0.3, 0.4) is 0 Å². The van der Waals surface area contributed by atoms with E-state index >= 15 is 0 Å². The van der Waals surface area contributed by atoms with Crippen LogP contribution in [0.15, 0.2) is 18.2 Å². The van der Waals surface area contributed by atoms with Crippen LogP contribution in [0, 0.1) is 0 Å². The van der Waals surface area contributed by atoms with E-state index in [0.717, 1.165) is 0 Å². The van der Waals surface area contributed by atoms with Crippen molar-refractivity contribution in [2.75, 3.05) is 40.5 Å². The Morgan fingerprint density at radius 2 is 1.90 bits per heavy atom. The minimum Gasteiger partial charge on any atom is -0.491 e. The highest BCUT2D eigenvalue weighted by atomic mass is 35.5. The number of benzene rings is 1. The number of hydrogen-bond acceptors (Lipinski definition) is 5. The number of ether oxygens (including phenoxy) is 3. The van der Waals surface area contributed by atoms with Crippen LogP contribution in [-0.4, -0.2) is 57.8 Å². The fraction of sp³-hybridized carbons (Fsp3) is 0.571. The molecular formula is C14H21Cl2NO4. The summed E-state index contributed by atoms with van der Waals surface area (Å²) in [5.41, 5.74) is 0. The Balaban J connectivity index is 2.24. The number of aliphatic hydroxyl groups is 1. The van der Waals surface area contributed by atoms with E-state index in [-0.39, 0.29) is 12.7 Å². The zero-order valence-corrected chi connectivity index (χ0v) is 13.7. The zero-order chi connectivity index (χ0) is 15.7. The smallest absolute Gasteiger partial charge is 0.121 e. The fourth-order valence-corrected chi connectivity index (χ4v) is 1.91. The van der Waals surface area contributed by atoms with Crippen LogP contribution in [0.5, 0.6) is 5.75 Å². The van der Waals surface area contributed by atoms with Crippen molar-refractivity contribution in [3.05, 3.63) is 28.2 Å². The Bertz CT molecular complexity index is 420. The first-order valence-electron chi connectivity index (χ1n) is 6.55. The van der Waals surface area contributed by atoms with Crippen molar-refractivity contribution >= 4 is 23.2 Å². The highest BCUT2D eigenvalue weighted by Gasteiger charge is 2.09. The molecule has 0 heterocycles. The molecule has 120 valence electrons. The van der Waals surface area contributed by atoms with Gasteiger partial charge >= 0.3 is 0 Å². The molecule has 1 rings (SSSR count). The molecule has 2 atom stereocenters. The van der Waals surface area contributed by atoms with Crippen molar-refractivity contribution in [3.8, 4) is 5.75 Å². The fourth-order valence-electron chi connectivity index (χ4n) is 1.63. The van der Waals surface area contributed by atoms with Crippen LogP contribution in [0.25, 0.3) is 0 Å². The van der Waals surface area contributed by atoms with Crippen molar-refractivity contribution in [2.45, 2.75) is 12.2 Å². The highest BCUT2D eigenvalue weighted by molar-refractivity contribution is 6.42. The molecule has 0 amide bonds. The van der Waals surface area contributed by atoms with Gasteiger partial charge in [0.05, 0.1) is 22.8 Å². The molecule has 0 aromatic heterocycles. The van der Waals surface area contributed by atoms with E-state index in [2.05, 4.69) is 5.32 Å². The van der Waals surface area contributed by atoms with E-state index in [1.807, 2.05) is 0 Å². The van der Waals surface area contributed by atoms with E-state index in [1.54, 1.807) is 32.4 Å². The molecule has 0 aliphatic carbocycles. The van der Waals surface area contributed by atoms with Gasteiger partial charge in [-0.1, -0.05) is 23.2 Å². The molecule has 0 bridgehead atoms. The molecule has 2 unspecified atom stereocenters. The van der Waals surface area contributed by atoms with Crippen molar-refractivity contribution < 1.29 is 19.3 Å². The van der Waals surface area contributed by atoms with E-state index in [1.165, 1.54) is 0 Å². The van der Waals surface area contributed by atoms with Crippen LogP contribution < -0.4 is 10.1 Å². The van der Waals surface area contributed by atoms with Crippen LogP contribution in [0.4, 0.5) is 0 Å². The van der Waals surface area contributed by atoms with Gasteiger partial charge in [-0.05, 0) is 12.1 Å². The molecule has 2 N–H and O–H groups in total. The topological polar surface area (TPSA) is 60.0 Å². The highest BCUT2D eigenvalue weighted by Crippen LogP contribution is 2.26. The monoisotopic (exact) mass is 337 g/mol. The molecule has 1 aromatic carbocycles. The third-order valence-corrected chi connectivity index (χ3v) is 3.51. The van der Waals surface area contributed by atoms with Gasteiger partial charge in [0.25, 0.3) is 0 Å². The maximum absolute atomic E-state index is 9.83. The summed E-state index contributed by atoms with van der Waals surface area (Å²) < 4.78 is 15.6. The molecule has 7 heteroatoms. The van der Waals surface area contributed by atoms with Crippen molar-refractivity contribution in [1.82, 2.24) is 5.32 Å². The third-order valence-electron chi connectivity index (χ3n) is 2.77. The van der Waals surface area contributed by atoms with Crippen LogP contribution in [-0.2, 0) is 9.47 Å². The largest absolute Gasteiger partial charge is 0.491 e. The van der Waals surface area contributed by atoms with Gasteiger partial charge in [0, 0.05) is 33.4 Å². The number of rotatable bonds is 10. The number of hydrogen-bond donors (Lipinski definition) is 2. The van der Waals surface area contributed by atoms with Gasteiger partial charge in [0.15, 0.2) is 0 Å². The maximum atomic E-state index is 9.83. The van der Waals surface area contributed by atoms with Gasteiger partial charge in [-0.3, -0.25) is 0 Å². The van der Waals surface area contributed by atoms with Gasteiger partial charge < -0.3 is 24.6 Å². The summed E-state index contributed by atoms with van der Waals surface area (Å²) in [6.45, 7) is 1.64. The molecular weight excluding hydrogens is 317 g/mol. The lowest BCUT2D eigenvalue weighted by molar-refractivity contribution is 0.0257. The Hall–Kier alpha value is -0.560. The SMILES string of the molecule is COCC(CNCC(O)COc1ccc(Cl)c(Cl)c1)OC. The number of halogens is 2. The molecule has 0 radical (unpaired) electrons. The summed E-state index contributed by atoms with van der Waals surface area (Å²) in [5.74, 6) is 0.567. The second-order valence-corrected chi connectivity index (χ2v) is 5.33. The van der Waals surface area contributed by atoms with Crippen LogP contribution in [0.1, 0.15) is 0 Å². The average Bonchev–Trinajstić information content (AvgIpc) is 2.47. The van der Waals surface area contributed by atoms with Gasteiger partial charge in [-0.15, -0.1) is 0 Å². The first kappa shape index (κ1) is 18.5. The molecule has 0 saturated heterocycles. The maximum Gasteiger partial charge on any atom is 0.121 e. The first-order valence-corrected chi connectivity index (χ1v) is 7.30. The number of methoxy groups -OCH3 is 2. The Morgan fingerprint density at radius 3 is 2.52 bits per heavy atom. The molecule has 0 fully saturated rings. The van der Waals surface area contributed by atoms with Gasteiger partial charge in [0.1, 0.15) is 18.5 Å². The van der Waals surface area contributed by atoms with Crippen molar-refractivity contribution in [1.29, 1.82) is 0 Å². The molecule has 0 saturated carbocycles. The predicted octanol–water partition coefficient (Wildman–Crippen LogP) is 1.98. The predicted molar refractivity (Wildman–Crippen MR) is 83.5 cm³/mol. The summed E-state index contributed by atoms with van der Waals surface area (Å²) in [7, 11) is 3.24. The lowest BCUT2D eigenvalue weighted by Gasteiger charge is -2.17. The third kappa shape index (κ3) is 7.31. The molecule has 0 spiro atoms. The normalized spacial score (nSPS) is 14.0. The quantitative estimate of drug-likeness (QED) is 0.683. The van der Waals surface area contributed by atoms with Gasteiger partial charge in [-0.2, -0.15) is 0 Å². The first-order chi connectivity index (χ1) is 10.1. The minimum atomic E-state index is -0.639. The summed E-state index contributed by atoms with van der Waals surface area (Å²) in [6, 6.07) is 4.97. The zero-order valence-electron chi connectivity index (χ0n) is 12.1. The lowest BCUT2D eigenvalue weighted by Crippen LogP contribution is -2.38. The summed E-state index contributed by atoms with van der Waals surface area (Å²) in [6.07, 6.45) is -0.683. The van der Waals surface area contributed by atoms with E-state index in [0.29, 0.717) is 35.5 Å². The Morgan fingerprint density at radius 1 is 1.14 bits per heavy atom. The summed E-state index contributed by atoms with van der Waals surface area (Å²) in [4.78, 5) is 0. The Labute approximate surface area is 135 Å². The van der Waals surface area contributed by atoms with Crippen LogP contribution in [0.2, 0.25) is 10.0 Å². The molecule has 0 aliphatic rings. The van der Waals surface area contributed by atoms with E-state index in [4.69, 9.17) is 37.4 Å². The number of nitrogens with one attached hydrogen (secondary N) is 1. The molecule has 0 aliphatic heterocycles. The van der Waals surface area contributed by atoms with E-state index < -0.39 is 6.10 Å². The molecule has 21 heavy (non-hydrogen) atoms. The minimum absolute atomic E-state index is 0.0433. The van der Waals surface area contributed by atoms with Crippen LogP contribution >= 0.6 is 23.2 Å². The van der Waals surface area contributed by atoms with Crippen molar-refractivity contribution in [2.24, 2.45) is 0 Å². The second-order valence-electron chi connectivity index (χ2n) is 4.51. The van der Waals surface area contributed by atoms with Gasteiger partial charge in [0.2, 0.25) is 0 Å². The lowest BCUT2D eigenvalue weighted by atomic mass is 10.3. The average molecular weight is 338 g/mol. The summed E-state index contributed by atoms with van der Waals surface area (Å²) in [5, 5.41) is 13.8.